The van der Waals surface area contributed by atoms with Crippen molar-refractivity contribution < 1.29 is 9.53 Å². The van der Waals surface area contributed by atoms with Crippen molar-refractivity contribution in [2.75, 3.05) is 6.61 Å². The predicted molar refractivity (Wildman–Crippen MR) is 71.4 cm³/mol. The van der Waals surface area contributed by atoms with Crippen LogP contribution in [0.15, 0.2) is 17.0 Å². The smallest absolute Gasteiger partial charge is 0.310 e. The lowest BCUT2D eigenvalue weighted by Gasteiger charge is -2.08. The van der Waals surface area contributed by atoms with Crippen molar-refractivity contribution >= 4 is 34.5 Å². The van der Waals surface area contributed by atoms with Crippen LogP contribution in [0.5, 0.6) is 0 Å². The molecule has 5 heteroatoms. The van der Waals surface area contributed by atoms with Crippen molar-refractivity contribution in [3.05, 3.63) is 28.8 Å². The monoisotopic (exact) mass is 313 g/mol. The first-order valence-electron chi connectivity index (χ1n) is 5.08. The summed E-state index contributed by atoms with van der Waals surface area (Å²) in [6, 6.07) is 5.70. The van der Waals surface area contributed by atoms with Crippen LogP contribution in [-0.2, 0) is 21.3 Å². The Morgan fingerprint density at radius 2 is 2.29 bits per heavy atom. The standard InChI is InChI=1S/C12H12BrNO2S/c1-2-16-12(15)5-9-3-8(6-13)4-11(17)10(9)7-14/h3-4,17H,2,5-6H2,1H3. The van der Waals surface area contributed by atoms with Crippen molar-refractivity contribution in [2.45, 2.75) is 23.6 Å². The number of alkyl halides is 1. The van der Waals surface area contributed by atoms with Crippen LogP contribution in [0, 0.1) is 11.3 Å². The SMILES string of the molecule is CCOC(=O)Cc1cc(CBr)cc(S)c1C#N. The number of esters is 1. The molecule has 0 radical (unpaired) electrons. The molecular weight excluding hydrogens is 302 g/mol. The highest BCUT2D eigenvalue weighted by molar-refractivity contribution is 9.08. The molecule has 0 amide bonds. The lowest BCUT2D eigenvalue weighted by atomic mass is 10.0. The lowest BCUT2D eigenvalue weighted by molar-refractivity contribution is -0.142. The highest BCUT2D eigenvalue weighted by Crippen LogP contribution is 2.22. The molecule has 0 N–H and O–H groups in total. The molecule has 1 rings (SSSR count). The Morgan fingerprint density at radius 1 is 1.59 bits per heavy atom. The molecule has 0 unspecified atom stereocenters. The number of nitrogens with zero attached hydrogens (tertiary/aromatic N) is 1. The van der Waals surface area contributed by atoms with E-state index < -0.39 is 0 Å². The van der Waals surface area contributed by atoms with E-state index in [-0.39, 0.29) is 12.4 Å². The van der Waals surface area contributed by atoms with E-state index in [9.17, 15) is 4.79 Å². The van der Waals surface area contributed by atoms with Crippen molar-refractivity contribution in [1.29, 1.82) is 5.26 Å². The van der Waals surface area contributed by atoms with Crippen LogP contribution in [0.1, 0.15) is 23.6 Å². The van der Waals surface area contributed by atoms with Gasteiger partial charge in [-0.3, -0.25) is 4.79 Å². The predicted octanol–water partition coefficient (Wildman–Crippen LogP) is 2.85. The van der Waals surface area contributed by atoms with E-state index in [4.69, 9.17) is 10.00 Å². The molecule has 17 heavy (non-hydrogen) atoms. The van der Waals surface area contributed by atoms with Gasteiger partial charge in [-0.25, -0.2) is 0 Å². The summed E-state index contributed by atoms with van der Waals surface area (Å²) in [6.45, 7) is 2.09. The molecule has 0 heterocycles. The molecular formula is C12H12BrNO2S. The van der Waals surface area contributed by atoms with E-state index in [1.165, 1.54) is 0 Å². The third-order valence-electron chi connectivity index (χ3n) is 2.17. The fourth-order valence-corrected chi connectivity index (χ4v) is 2.15. The van der Waals surface area contributed by atoms with Gasteiger partial charge in [0.15, 0.2) is 0 Å². The average molecular weight is 314 g/mol. The molecule has 0 spiro atoms. The summed E-state index contributed by atoms with van der Waals surface area (Å²) in [5.74, 6) is -0.330. The Bertz CT molecular complexity index is 468. The maximum Gasteiger partial charge on any atom is 0.310 e. The number of rotatable bonds is 4. The Balaban J connectivity index is 3.08. The fourth-order valence-electron chi connectivity index (χ4n) is 1.46. The minimum absolute atomic E-state index is 0.102. The van der Waals surface area contributed by atoms with E-state index in [1.807, 2.05) is 12.1 Å². The summed E-state index contributed by atoms with van der Waals surface area (Å²) in [7, 11) is 0. The minimum Gasteiger partial charge on any atom is -0.466 e. The molecule has 0 atom stereocenters. The van der Waals surface area contributed by atoms with E-state index >= 15 is 0 Å². The van der Waals surface area contributed by atoms with Gasteiger partial charge in [-0.2, -0.15) is 5.26 Å². The van der Waals surface area contributed by atoms with Crippen LogP contribution in [0.2, 0.25) is 0 Å². The average Bonchev–Trinajstić information content (AvgIpc) is 2.28. The molecule has 0 fully saturated rings. The lowest BCUT2D eigenvalue weighted by Crippen LogP contribution is -2.09. The maximum absolute atomic E-state index is 11.4. The van der Waals surface area contributed by atoms with Gasteiger partial charge in [0.25, 0.3) is 0 Å². The number of nitriles is 1. The number of halogens is 1. The van der Waals surface area contributed by atoms with Crippen molar-refractivity contribution in [1.82, 2.24) is 0 Å². The Hall–Kier alpha value is -0.990. The summed E-state index contributed by atoms with van der Waals surface area (Å²) in [6.07, 6.45) is 0.102. The van der Waals surface area contributed by atoms with E-state index in [1.54, 1.807) is 6.92 Å². The minimum atomic E-state index is -0.330. The van der Waals surface area contributed by atoms with Crippen molar-refractivity contribution in [3.8, 4) is 6.07 Å². The van der Waals surface area contributed by atoms with Crippen molar-refractivity contribution in [3.63, 3.8) is 0 Å². The third kappa shape index (κ3) is 3.76. The van der Waals surface area contributed by atoms with Crippen LogP contribution in [0.3, 0.4) is 0 Å². The molecule has 3 nitrogen and oxygen atoms in total. The van der Waals surface area contributed by atoms with Gasteiger partial charge in [-0.15, -0.1) is 12.6 Å². The van der Waals surface area contributed by atoms with Crippen LogP contribution in [0.4, 0.5) is 0 Å². The number of carbonyl (C=O) groups is 1. The van der Waals surface area contributed by atoms with E-state index in [0.29, 0.717) is 28.0 Å². The summed E-state index contributed by atoms with van der Waals surface area (Å²) < 4.78 is 4.87. The molecule has 1 aromatic rings. The molecule has 0 aliphatic rings. The second-order valence-electron chi connectivity index (χ2n) is 3.38. The molecule has 0 saturated carbocycles. The van der Waals surface area contributed by atoms with Gasteiger partial charge in [0, 0.05) is 10.2 Å². The summed E-state index contributed by atoms with van der Waals surface area (Å²) in [5.41, 5.74) is 2.08. The maximum atomic E-state index is 11.4. The largest absolute Gasteiger partial charge is 0.466 e. The normalized spacial score (nSPS) is 9.76. The number of ether oxygens (including phenoxy) is 1. The highest BCUT2D eigenvalue weighted by Gasteiger charge is 2.12. The molecule has 0 bridgehead atoms. The number of carbonyl (C=O) groups excluding carboxylic acids is 1. The zero-order chi connectivity index (χ0) is 12.8. The molecule has 0 saturated heterocycles. The summed E-state index contributed by atoms with van der Waals surface area (Å²) >= 11 is 7.59. The number of benzene rings is 1. The first-order chi connectivity index (χ1) is 8.12. The van der Waals surface area contributed by atoms with Gasteiger partial charge in [-0.05, 0) is 24.1 Å². The van der Waals surface area contributed by atoms with Gasteiger partial charge in [-0.1, -0.05) is 22.0 Å². The number of thiol groups is 1. The molecule has 1 aromatic carbocycles. The van der Waals surface area contributed by atoms with Gasteiger partial charge >= 0.3 is 5.97 Å². The molecule has 90 valence electrons. The quantitative estimate of drug-likeness (QED) is 0.528. The number of hydrogen-bond acceptors (Lipinski definition) is 4. The van der Waals surface area contributed by atoms with E-state index in [2.05, 4.69) is 34.6 Å². The Morgan fingerprint density at radius 3 is 2.82 bits per heavy atom. The van der Waals surface area contributed by atoms with Gasteiger partial charge in [0.05, 0.1) is 18.6 Å². The van der Waals surface area contributed by atoms with Crippen LogP contribution in [-0.4, -0.2) is 12.6 Å². The first-order valence-corrected chi connectivity index (χ1v) is 6.65. The zero-order valence-corrected chi connectivity index (χ0v) is 11.8. The fraction of sp³-hybridized carbons (Fsp3) is 0.333. The Labute approximate surface area is 114 Å². The molecule has 0 aromatic heterocycles. The topological polar surface area (TPSA) is 50.1 Å². The van der Waals surface area contributed by atoms with Gasteiger partial charge in [0.2, 0.25) is 0 Å². The summed E-state index contributed by atoms with van der Waals surface area (Å²) in [4.78, 5) is 12.0. The van der Waals surface area contributed by atoms with Gasteiger partial charge < -0.3 is 4.74 Å². The third-order valence-corrected chi connectivity index (χ3v) is 3.17. The summed E-state index contributed by atoms with van der Waals surface area (Å²) in [5, 5.41) is 9.70. The van der Waals surface area contributed by atoms with Crippen LogP contribution < -0.4 is 0 Å². The van der Waals surface area contributed by atoms with E-state index in [0.717, 1.165) is 5.56 Å². The zero-order valence-electron chi connectivity index (χ0n) is 9.36. The Kier molecular flexibility index (Phi) is 5.52. The van der Waals surface area contributed by atoms with Crippen LogP contribution in [0.25, 0.3) is 0 Å². The van der Waals surface area contributed by atoms with Crippen molar-refractivity contribution in [2.24, 2.45) is 0 Å². The second-order valence-corrected chi connectivity index (χ2v) is 4.42. The van der Waals surface area contributed by atoms with Gasteiger partial charge in [0.1, 0.15) is 6.07 Å². The van der Waals surface area contributed by atoms with Crippen LogP contribution >= 0.6 is 28.6 Å². The first kappa shape index (κ1) is 14.1. The number of hydrogen-bond donors (Lipinski definition) is 1. The molecule has 0 aliphatic carbocycles. The second kappa shape index (κ2) is 6.67. The molecule has 0 aliphatic heterocycles. The highest BCUT2D eigenvalue weighted by atomic mass is 79.9.